The van der Waals surface area contributed by atoms with Crippen LogP contribution in [0.4, 0.5) is 30.5 Å². The Hall–Kier alpha value is -3.62. The van der Waals surface area contributed by atoms with Crippen LogP contribution < -0.4 is 4.90 Å². The predicted molar refractivity (Wildman–Crippen MR) is 121 cm³/mol. The summed E-state index contributed by atoms with van der Waals surface area (Å²) in [7, 11) is 0. The van der Waals surface area contributed by atoms with E-state index in [4.69, 9.17) is 5.11 Å². The molecule has 0 amide bonds. The Labute approximate surface area is 202 Å². The zero-order valence-corrected chi connectivity index (χ0v) is 18.5. The molecule has 4 aromatic rings. The Morgan fingerprint density at radius 3 is 1.89 bits per heavy atom. The number of aliphatic hydroxyl groups excluding tert-OH is 5. The first-order chi connectivity index (χ1) is 17.1. The van der Waals surface area contributed by atoms with E-state index in [2.05, 4.69) is 15.2 Å². The number of hydrogen-bond acceptors (Lipinski definition) is 9. The Bertz CT molecular complexity index is 1270. The summed E-state index contributed by atoms with van der Waals surface area (Å²) in [6, 6.07) is 17.3. The number of halogens is 3. The fourth-order valence-corrected chi connectivity index (χ4v) is 3.62. The highest BCUT2D eigenvalue weighted by atomic mass is 19.4. The first-order valence-electron chi connectivity index (χ1n) is 10.7. The molecule has 0 aliphatic carbocycles. The van der Waals surface area contributed by atoms with E-state index in [0.717, 1.165) is 4.40 Å². The molecule has 13 heteroatoms. The maximum Gasteiger partial charge on any atom is 0.433 e. The van der Waals surface area contributed by atoms with Crippen LogP contribution in [0.3, 0.4) is 0 Å². The van der Waals surface area contributed by atoms with Gasteiger partial charge in [0, 0.05) is 17.4 Å². The second-order valence-electron chi connectivity index (χ2n) is 7.87. The Morgan fingerprint density at radius 1 is 0.833 bits per heavy atom. The van der Waals surface area contributed by atoms with Crippen LogP contribution in [0.2, 0.25) is 0 Å². The molecule has 0 aliphatic rings. The van der Waals surface area contributed by atoms with Gasteiger partial charge < -0.3 is 25.5 Å². The molecule has 2 aromatic heterocycles. The molecule has 0 saturated heterocycles. The highest BCUT2D eigenvalue weighted by molar-refractivity contribution is 5.74. The van der Waals surface area contributed by atoms with Crippen LogP contribution in [0.25, 0.3) is 5.65 Å². The molecule has 0 radical (unpaired) electrons. The number of fused-ring (bicyclic) bond motifs is 1. The molecule has 4 atom stereocenters. The Kier molecular flexibility index (Phi) is 7.19. The number of benzene rings is 2. The molecule has 2 aromatic carbocycles. The van der Waals surface area contributed by atoms with E-state index in [0.29, 0.717) is 17.4 Å². The lowest BCUT2D eigenvalue weighted by Gasteiger charge is -2.28. The number of aliphatic hydroxyl groups is 5. The lowest BCUT2D eigenvalue weighted by molar-refractivity contribution is -0.141. The van der Waals surface area contributed by atoms with E-state index in [1.54, 1.807) is 60.7 Å². The average molecular weight is 505 g/mol. The van der Waals surface area contributed by atoms with E-state index in [9.17, 15) is 33.6 Å². The number of para-hydroxylation sites is 2. The largest absolute Gasteiger partial charge is 0.433 e. The van der Waals surface area contributed by atoms with Crippen molar-refractivity contribution in [3.63, 3.8) is 0 Å². The third-order valence-electron chi connectivity index (χ3n) is 5.44. The predicted octanol–water partition coefficient (Wildman–Crippen LogP) is 1.72. The minimum absolute atomic E-state index is 0.345. The van der Waals surface area contributed by atoms with Crippen LogP contribution in [0.15, 0.2) is 66.7 Å². The molecule has 10 nitrogen and oxygen atoms in total. The second kappa shape index (κ2) is 10.2. The summed E-state index contributed by atoms with van der Waals surface area (Å²) in [5.41, 5.74) is -0.779. The first kappa shape index (κ1) is 25.5. The number of alkyl halides is 3. The van der Waals surface area contributed by atoms with Crippen molar-refractivity contribution in [1.29, 1.82) is 0 Å². The highest BCUT2D eigenvalue weighted by Crippen LogP contribution is 2.37. The van der Waals surface area contributed by atoms with Gasteiger partial charge in [-0.05, 0) is 24.3 Å². The van der Waals surface area contributed by atoms with Gasteiger partial charge in [-0.1, -0.05) is 36.4 Å². The van der Waals surface area contributed by atoms with Crippen molar-refractivity contribution in [2.24, 2.45) is 0 Å². The number of anilines is 3. The monoisotopic (exact) mass is 505 g/mol. The van der Waals surface area contributed by atoms with Crippen LogP contribution in [-0.4, -0.2) is 70.0 Å². The van der Waals surface area contributed by atoms with Crippen molar-refractivity contribution in [2.75, 3.05) is 11.5 Å². The molecule has 0 fully saturated rings. The van der Waals surface area contributed by atoms with E-state index >= 15 is 0 Å². The van der Waals surface area contributed by atoms with Gasteiger partial charge >= 0.3 is 6.18 Å². The Morgan fingerprint density at radius 2 is 1.39 bits per heavy atom. The van der Waals surface area contributed by atoms with E-state index in [1.807, 2.05) is 0 Å². The minimum Gasteiger partial charge on any atom is -0.394 e. The zero-order chi connectivity index (χ0) is 26.0. The summed E-state index contributed by atoms with van der Waals surface area (Å²) in [4.78, 5) is 5.22. The molecule has 0 saturated carbocycles. The SMILES string of the molecule is OC[C@@H](O)[C@@H](O)[C@H](O)[C@H](O)c1nnc2cc(C(F)(F)F)nc(N(c3ccccc3)c3ccccc3)n12. The molecule has 36 heavy (non-hydrogen) atoms. The van der Waals surface area contributed by atoms with Crippen LogP contribution in [0.5, 0.6) is 0 Å². The van der Waals surface area contributed by atoms with Gasteiger partial charge in [0.15, 0.2) is 17.2 Å². The Balaban J connectivity index is 1.98. The molecule has 190 valence electrons. The molecule has 5 N–H and O–H groups in total. The number of nitrogens with zero attached hydrogens (tertiary/aromatic N) is 5. The minimum atomic E-state index is -4.85. The molecule has 0 spiro atoms. The molecule has 2 heterocycles. The highest BCUT2D eigenvalue weighted by Gasteiger charge is 2.38. The summed E-state index contributed by atoms with van der Waals surface area (Å²) in [6.45, 7) is -0.914. The van der Waals surface area contributed by atoms with E-state index < -0.39 is 48.7 Å². The van der Waals surface area contributed by atoms with Gasteiger partial charge in [-0.25, -0.2) is 9.38 Å². The van der Waals surface area contributed by atoms with Gasteiger partial charge in [-0.3, -0.25) is 4.90 Å². The molecule has 4 rings (SSSR count). The van der Waals surface area contributed by atoms with Crippen molar-refractivity contribution in [2.45, 2.75) is 30.6 Å². The van der Waals surface area contributed by atoms with Crippen molar-refractivity contribution in [3.05, 3.63) is 78.2 Å². The molecule has 0 unspecified atom stereocenters. The van der Waals surface area contributed by atoms with Gasteiger partial charge in [0.05, 0.1) is 6.61 Å². The normalized spacial score (nSPS) is 15.4. The third-order valence-corrected chi connectivity index (χ3v) is 5.44. The van der Waals surface area contributed by atoms with Crippen molar-refractivity contribution in [3.8, 4) is 0 Å². The third kappa shape index (κ3) is 4.87. The smallest absolute Gasteiger partial charge is 0.394 e. The van der Waals surface area contributed by atoms with Crippen molar-refractivity contribution in [1.82, 2.24) is 19.6 Å². The topological polar surface area (TPSA) is 147 Å². The maximum atomic E-state index is 13.8. The lowest BCUT2D eigenvalue weighted by Crippen LogP contribution is -2.43. The molecule has 0 bridgehead atoms. The van der Waals surface area contributed by atoms with Gasteiger partial charge in [-0.15, -0.1) is 10.2 Å². The number of rotatable bonds is 8. The van der Waals surface area contributed by atoms with Crippen LogP contribution in [-0.2, 0) is 6.18 Å². The fraction of sp³-hybridized carbons (Fsp3) is 0.261. The van der Waals surface area contributed by atoms with Crippen molar-refractivity contribution >= 4 is 23.0 Å². The molecular formula is C23H22F3N5O5. The summed E-state index contributed by atoms with van der Waals surface area (Å²) in [5, 5.41) is 57.4. The fourth-order valence-electron chi connectivity index (χ4n) is 3.62. The van der Waals surface area contributed by atoms with Gasteiger partial charge in [-0.2, -0.15) is 13.2 Å². The second-order valence-corrected chi connectivity index (χ2v) is 7.87. The number of hydrogen-bond donors (Lipinski definition) is 5. The summed E-state index contributed by atoms with van der Waals surface area (Å²) in [5.74, 6) is -0.810. The summed E-state index contributed by atoms with van der Waals surface area (Å²) < 4.78 is 42.4. The van der Waals surface area contributed by atoms with E-state index in [-0.39, 0.29) is 11.6 Å². The average Bonchev–Trinajstić information content (AvgIpc) is 3.32. The van der Waals surface area contributed by atoms with Crippen LogP contribution in [0, 0.1) is 0 Å². The van der Waals surface area contributed by atoms with E-state index in [1.165, 1.54) is 4.90 Å². The maximum absolute atomic E-state index is 13.8. The van der Waals surface area contributed by atoms with Crippen LogP contribution >= 0.6 is 0 Å². The molecular weight excluding hydrogens is 483 g/mol. The van der Waals surface area contributed by atoms with Gasteiger partial charge in [0.1, 0.15) is 24.4 Å². The quantitative estimate of drug-likeness (QED) is 0.241. The van der Waals surface area contributed by atoms with Crippen LogP contribution in [0.1, 0.15) is 17.6 Å². The zero-order valence-electron chi connectivity index (χ0n) is 18.5. The molecule has 0 aliphatic heterocycles. The van der Waals surface area contributed by atoms with Gasteiger partial charge in [0.25, 0.3) is 0 Å². The summed E-state index contributed by atoms with van der Waals surface area (Å²) in [6.07, 6.45) is -12.7. The first-order valence-corrected chi connectivity index (χ1v) is 10.7. The standard InChI is InChI=1S/C23H22F3N5O5/c24-23(25,26)16-11-17-28-29-21(20(36)19(35)18(34)15(33)12-32)31(17)22(27-16)30(13-7-3-1-4-8-13)14-9-5-2-6-10-14/h1-11,15,18-20,32-36H,12H2/t15-,18-,19+,20+/m1/s1. The van der Waals surface area contributed by atoms with Gasteiger partial charge in [0.2, 0.25) is 5.95 Å². The van der Waals surface area contributed by atoms with Crippen molar-refractivity contribution < 1.29 is 38.7 Å². The summed E-state index contributed by atoms with van der Waals surface area (Å²) >= 11 is 0. The lowest BCUT2D eigenvalue weighted by atomic mass is 10.0. The number of aromatic nitrogens is 4.